The Bertz CT molecular complexity index is 458. The van der Waals surface area contributed by atoms with Gasteiger partial charge in [0.2, 0.25) is 0 Å². The Morgan fingerprint density at radius 2 is 1.71 bits per heavy atom. The Labute approximate surface area is 102 Å². The molecule has 0 radical (unpaired) electrons. The summed E-state index contributed by atoms with van der Waals surface area (Å²) in [6, 6.07) is 4.15. The van der Waals surface area contributed by atoms with Crippen LogP contribution < -0.4 is 0 Å². The van der Waals surface area contributed by atoms with Crippen LogP contribution in [-0.2, 0) is 5.41 Å². The van der Waals surface area contributed by atoms with Crippen molar-refractivity contribution >= 4 is 0 Å². The van der Waals surface area contributed by atoms with E-state index in [0.717, 1.165) is 29.1 Å². The summed E-state index contributed by atoms with van der Waals surface area (Å²) in [6.45, 7) is 0. The molecule has 0 atom stereocenters. The molecule has 5 rings (SSSR count). The summed E-state index contributed by atoms with van der Waals surface area (Å²) in [5, 5.41) is 9.20. The van der Waals surface area contributed by atoms with Gasteiger partial charge in [0.05, 0.1) is 11.8 Å². The molecular formula is C15H17NO. The van der Waals surface area contributed by atoms with Gasteiger partial charge in [-0.3, -0.25) is 0 Å². The number of hydrogen-bond acceptors (Lipinski definition) is 2. The van der Waals surface area contributed by atoms with Crippen LogP contribution in [0.3, 0.4) is 0 Å². The minimum absolute atomic E-state index is 0.226. The standard InChI is InChI=1S/C15H17NO/c16-9-13-1-2-17-14(13)15-6-10-3-11(7-15)5-12(4-10)8-15/h1-2,10-12H,3-8H2. The molecule has 1 heterocycles. The molecule has 4 bridgehead atoms. The average molecular weight is 227 g/mol. The normalized spacial score (nSPS) is 42.6. The van der Waals surface area contributed by atoms with Gasteiger partial charge in [-0.2, -0.15) is 5.26 Å². The molecule has 0 amide bonds. The van der Waals surface area contributed by atoms with Gasteiger partial charge in [-0.1, -0.05) is 0 Å². The van der Waals surface area contributed by atoms with Crippen molar-refractivity contribution in [3.8, 4) is 6.07 Å². The Morgan fingerprint density at radius 1 is 1.12 bits per heavy atom. The smallest absolute Gasteiger partial charge is 0.127 e. The first-order valence-electron chi connectivity index (χ1n) is 6.77. The lowest BCUT2D eigenvalue weighted by Crippen LogP contribution is -2.48. The van der Waals surface area contributed by atoms with Crippen LogP contribution in [0.25, 0.3) is 0 Å². The van der Waals surface area contributed by atoms with Gasteiger partial charge in [0.1, 0.15) is 11.8 Å². The summed E-state index contributed by atoms with van der Waals surface area (Å²) in [5.41, 5.74) is 1.01. The van der Waals surface area contributed by atoms with Gasteiger partial charge in [0, 0.05) is 5.41 Å². The number of rotatable bonds is 1. The second-order valence-corrected chi connectivity index (χ2v) is 6.47. The van der Waals surface area contributed by atoms with Crippen LogP contribution in [0.2, 0.25) is 0 Å². The Kier molecular flexibility index (Phi) is 1.82. The molecule has 4 aliphatic rings. The topological polar surface area (TPSA) is 36.9 Å². The maximum atomic E-state index is 9.20. The average Bonchev–Trinajstić information content (AvgIpc) is 2.75. The van der Waals surface area contributed by atoms with Crippen LogP contribution in [0.5, 0.6) is 0 Å². The predicted octanol–water partition coefficient (Wildman–Crippen LogP) is 3.62. The van der Waals surface area contributed by atoms with Crippen LogP contribution in [0.1, 0.15) is 49.8 Å². The zero-order chi connectivity index (χ0) is 11.5. The molecule has 17 heavy (non-hydrogen) atoms. The highest BCUT2D eigenvalue weighted by atomic mass is 16.3. The van der Waals surface area contributed by atoms with E-state index in [9.17, 15) is 5.26 Å². The number of furan rings is 1. The van der Waals surface area contributed by atoms with Gasteiger partial charge in [0.15, 0.2) is 0 Å². The maximum absolute atomic E-state index is 9.20. The quantitative estimate of drug-likeness (QED) is 0.734. The van der Waals surface area contributed by atoms with Gasteiger partial charge in [-0.05, 0) is 62.3 Å². The molecule has 4 saturated carbocycles. The van der Waals surface area contributed by atoms with E-state index in [1.165, 1.54) is 38.5 Å². The van der Waals surface area contributed by atoms with E-state index in [-0.39, 0.29) is 5.41 Å². The molecule has 0 spiro atoms. The summed E-state index contributed by atoms with van der Waals surface area (Å²) < 4.78 is 5.72. The van der Waals surface area contributed by atoms with Crippen molar-refractivity contribution in [2.45, 2.75) is 43.9 Å². The van der Waals surface area contributed by atoms with E-state index in [1.54, 1.807) is 6.26 Å². The van der Waals surface area contributed by atoms with Crippen molar-refractivity contribution in [3.05, 3.63) is 23.7 Å². The minimum atomic E-state index is 0.226. The first-order chi connectivity index (χ1) is 8.29. The summed E-state index contributed by atoms with van der Waals surface area (Å²) >= 11 is 0. The summed E-state index contributed by atoms with van der Waals surface area (Å²) in [5.74, 6) is 3.72. The molecule has 0 aromatic carbocycles. The fourth-order valence-electron chi connectivity index (χ4n) is 5.20. The fraction of sp³-hybridized carbons (Fsp3) is 0.667. The first-order valence-corrected chi connectivity index (χ1v) is 6.77. The van der Waals surface area contributed by atoms with Crippen molar-refractivity contribution in [1.82, 2.24) is 0 Å². The number of nitrogens with zero attached hydrogens (tertiary/aromatic N) is 1. The van der Waals surface area contributed by atoms with E-state index in [4.69, 9.17) is 4.42 Å². The molecule has 0 aliphatic heterocycles. The Balaban J connectivity index is 1.80. The first kappa shape index (κ1) is 9.76. The second kappa shape index (κ2) is 3.16. The third-order valence-corrected chi connectivity index (χ3v) is 5.31. The number of nitriles is 1. The second-order valence-electron chi connectivity index (χ2n) is 6.47. The SMILES string of the molecule is N#Cc1ccoc1C12CC3CC(CC(C3)C1)C2. The number of hydrogen-bond donors (Lipinski definition) is 0. The van der Waals surface area contributed by atoms with E-state index in [1.807, 2.05) is 6.07 Å². The lowest BCUT2D eigenvalue weighted by molar-refractivity contribution is -0.0153. The molecule has 0 saturated heterocycles. The van der Waals surface area contributed by atoms with Gasteiger partial charge < -0.3 is 4.42 Å². The van der Waals surface area contributed by atoms with Gasteiger partial charge >= 0.3 is 0 Å². The van der Waals surface area contributed by atoms with Crippen LogP contribution in [0.15, 0.2) is 16.7 Å². The highest BCUT2D eigenvalue weighted by Crippen LogP contribution is 2.61. The molecule has 1 aromatic heterocycles. The highest BCUT2D eigenvalue weighted by molar-refractivity contribution is 5.37. The Morgan fingerprint density at radius 3 is 2.24 bits per heavy atom. The molecule has 2 heteroatoms. The van der Waals surface area contributed by atoms with Crippen molar-refractivity contribution in [3.63, 3.8) is 0 Å². The summed E-state index contributed by atoms with van der Waals surface area (Å²) in [7, 11) is 0. The molecule has 2 nitrogen and oxygen atoms in total. The molecule has 1 aromatic rings. The van der Waals surface area contributed by atoms with E-state index >= 15 is 0 Å². The third-order valence-electron chi connectivity index (χ3n) is 5.31. The van der Waals surface area contributed by atoms with Gasteiger partial charge in [0.25, 0.3) is 0 Å². The van der Waals surface area contributed by atoms with Crippen LogP contribution in [-0.4, -0.2) is 0 Å². The van der Waals surface area contributed by atoms with E-state index < -0.39 is 0 Å². The predicted molar refractivity (Wildman–Crippen MR) is 63.3 cm³/mol. The van der Waals surface area contributed by atoms with Gasteiger partial charge in [-0.25, -0.2) is 0 Å². The van der Waals surface area contributed by atoms with Crippen LogP contribution in [0, 0.1) is 29.1 Å². The molecule has 4 aliphatic carbocycles. The van der Waals surface area contributed by atoms with Crippen molar-refractivity contribution in [2.75, 3.05) is 0 Å². The minimum Gasteiger partial charge on any atom is -0.467 e. The fourth-order valence-corrected chi connectivity index (χ4v) is 5.20. The zero-order valence-corrected chi connectivity index (χ0v) is 9.98. The maximum Gasteiger partial charge on any atom is 0.127 e. The van der Waals surface area contributed by atoms with E-state index in [2.05, 4.69) is 6.07 Å². The summed E-state index contributed by atoms with van der Waals surface area (Å²) in [4.78, 5) is 0. The monoisotopic (exact) mass is 227 g/mol. The largest absolute Gasteiger partial charge is 0.467 e. The van der Waals surface area contributed by atoms with E-state index in [0.29, 0.717) is 0 Å². The third kappa shape index (κ3) is 1.26. The van der Waals surface area contributed by atoms with Crippen molar-refractivity contribution in [2.24, 2.45) is 17.8 Å². The molecule has 4 fully saturated rings. The molecule has 88 valence electrons. The molecule has 0 N–H and O–H groups in total. The zero-order valence-electron chi connectivity index (χ0n) is 9.98. The Hall–Kier alpha value is -1.23. The van der Waals surface area contributed by atoms with Crippen molar-refractivity contribution < 1.29 is 4.42 Å². The van der Waals surface area contributed by atoms with Crippen molar-refractivity contribution in [1.29, 1.82) is 5.26 Å². The lowest BCUT2D eigenvalue weighted by Gasteiger charge is -2.56. The molecular weight excluding hydrogens is 210 g/mol. The highest BCUT2D eigenvalue weighted by Gasteiger charge is 2.53. The summed E-state index contributed by atoms with van der Waals surface area (Å²) in [6.07, 6.45) is 9.79. The van der Waals surface area contributed by atoms with Crippen LogP contribution >= 0.6 is 0 Å². The van der Waals surface area contributed by atoms with Crippen LogP contribution in [0.4, 0.5) is 0 Å². The molecule has 0 unspecified atom stereocenters. The lowest BCUT2D eigenvalue weighted by atomic mass is 9.49. The van der Waals surface area contributed by atoms with Gasteiger partial charge in [-0.15, -0.1) is 0 Å².